The van der Waals surface area contributed by atoms with Gasteiger partial charge in [-0.25, -0.2) is 4.68 Å². The molecule has 0 aliphatic rings. The molecule has 0 bridgehead atoms. The summed E-state index contributed by atoms with van der Waals surface area (Å²) in [6.45, 7) is 4.44. The minimum Gasteiger partial charge on any atom is -0.368 e. The van der Waals surface area contributed by atoms with Crippen LogP contribution in [0.1, 0.15) is 26.1 Å². The van der Waals surface area contributed by atoms with E-state index in [0.717, 1.165) is 0 Å². The van der Waals surface area contributed by atoms with Crippen molar-refractivity contribution in [1.29, 1.82) is 0 Å². The molecule has 0 fully saturated rings. The molecule has 6 nitrogen and oxygen atoms in total. The second-order valence-electron chi connectivity index (χ2n) is 3.07. The third kappa shape index (κ3) is 1.83. The zero-order valence-electron chi connectivity index (χ0n) is 9.10. The third-order valence-corrected chi connectivity index (χ3v) is 3.81. The van der Waals surface area contributed by atoms with Gasteiger partial charge in [0.25, 0.3) is 0 Å². The van der Waals surface area contributed by atoms with Crippen molar-refractivity contribution in [3.05, 3.63) is 5.82 Å². The van der Waals surface area contributed by atoms with Crippen molar-refractivity contribution in [2.45, 2.75) is 31.6 Å². The van der Waals surface area contributed by atoms with Gasteiger partial charge in [-0.3, -0.25) is 4.79 Å². The largest absolute Gasteiger partial charge is 0.368 e. The van der Waals surface area contributed by atoms with Crippen LogP contribution in [-0.2, 0) is 16.1 Å². The number of rotatable bonds is 5. The van der Waals surface area contributed by atoms with Gasteiger partial charge in [0.2, 0.25) is 5.91 Å². The summed E-state index contributed by atoms with van der Waals surface area (Å²) in [5.74, 6) is 0.134. The molecule has 7 heteroatoms. The second-order valence-corrected chi connectivity index (χ2v) is 4.17. The molecule has 1 aromatic heterocycles. The van der Waals surface area contributed by atoms with Crippen LogP contribution < -0.4 is 5.73 Å². The Morgan fingerprint density at radius 2 is 2.27 bits per heavy atom. The van der Waals surface area contributed by atoms with E-state index in [1.165, 1.54) is 11.8 Å². The smallest absolute Gasteiger partial charge is 0.241 e. The van der Waals surface area contributed by atoms with Crippen molar-refractivity contribution in [2.75, 3.05) is 6.26 Å². The molecule has 84 valence electrons. The summed E-state index contributed by atoms with van der Waals surface area (Å²) in [6, 6.07) is 0. The molecule has 1 amide bonds. The Labute approximate surface area is 92.6 Å². The van der Waals surface area contributed by atoms with Crippen molar-refractivity contribution in [3.8, 4) is 0 Å². The summed E-state index contributed by atoms with van der Waals surface area (Å²) in [5, 5.41) is 11.3. The summed E-state index contributed by atoms with van der Waals surface area (Å²) in [4.78, 5) is 11.5. The van der Waals surface area contributed by atoms with Crippen LogP contribution in [0.2, 0.25) is 0 Å². The van der Waals surface area contributed by atoms with Crippen LogP contribution in [-0.4, -0.2) is 32.4 Å². The lowest BCUT2D eigenvalue weighted by Gasteiger charge is -2.25. The van der Waals surface area contributed by atoms with Gasteiger partial charge in [0.05, 0.1) is 0 Å². The van der Waals surface area contributed by atoms with E-state index >= 15 is 0 Å². The predicted octanol–water partition coefficient (Wildman–Crippen LogP) is 0.147. The SMILES string of the molecule is CCn1nnnc1C(CC)(SC)C(N)=O. The molecule has 0 aromatic carbocycles. The van der Waals surface area contributed by atoms with Crippen LogP contribution in [0.3, 0.4) is 0 Å². The fourth-order valence-corrected chi connectivity index (χ4v) is 2.30. The number of thioether (sulfide) groups is 1. The van der Waals surface area contributed by atoms with E-state index in [1.807, 2.05) is 20.1 Å². The first-order valence-electron chi connectivity index (χ1n) is 4.74. The number of aryl methyl sites for hydroxylation is 1. The minimum absolute atomic E-state index is 0.401. The van der Waals surface area contributed by atoms with Gasteiger partial charge >= 0.3 is 0 Å². The Morgan fingerprint density at radius 3 is 2.67 bits per heavy atom. The van der Waals surface area contributed by atoms with Gasteiger partial charge in [0.1, 0.15) is 0 Å². The first-order chi connectivity index (χ1) is 7.12. The highest BCUT2D eigenvalue weighted by Gasteiger charge is 2.41. The summed E-state index contributed by atoms with van der Waals surface area (Å²) in [7, 11) is 0. The molecular formula is C8H15N5OS. The number of carbonyl (C=O) groups excluding carboxylic acids is 1. The topological polar surface area (TPSA) is 86.7 Å². The van der Waals surface area contributed by atoms with E-state index in [4.69, 9.17) is 5.73 Å². The molecular weight excluding hydrogens is 214 g/mol. The zero-order valence-corrected chi connectivity index (χ0v) is 9.91. The average molecular weight is 229 g/mol. The predicted molar refractivity (Wildman–Crippen MR) is 58.2 cm³/mol. The summed E-state index contributed by atoms with van der Waals surface area (Å²) in [6.07, 6.45) is 2.41. The standard InChI is InChI=1S/C8H15N5OS/c1-4-8(15-3,6(9)14)7-10-11-12-13(7)5-2/h4-5H2,1-3H3,(H2,9,14). The number of nitrogens with two attached hydrogens (primary N) is 1. The van der Waals surface area contributed by atoms with Gasteiger partial charge in [0, 0.05) is 6.54 Å². The van der Waals surface area contributed by atoms with Crippen LogP contribution >= 0.6 is 11.8 Å². The molecule has 0 saturated heterocycles. The van der Waals surface area contributed by atoms with E-state index in [2.05, 4.69) is 15.5 Å². The molecule has 1 rings (SSSR count). The third-order valence-electron chi connectivity index (χ3n) is 2.44. The number of amides is 1. The molecule has 0 aliphatic carbocycles. The molecule has 1 heterocycles. The number of hydrogen-bond donors (Lipinski definition) is 1. The minimum atomic E-state index is -0.820. The zero-order chi connectivity index (χ0) is 11.5. The number of aromatic nitrogens is 4. The molecule has 1 atom stereocenters. The van der Waals surface area contributed by atoms with E-state index in [-0.39, 0.29) is 0 Å². The summed E-state index contributed by atoms with van der Waals surface area (Å²) >= 11 is 1.37. The lowest BCUT2D eigenvalue weighted by Crippen LogP contribution is -2.40. The van der Waals surface area contributed by atoms with Crippen LogP contribution in [0.15, 0.2) is 0 Å². The number of carbonyl (C=O) groups is 1. The van der Waals surface area contributed by atoms with Crippen molar-refractivity contribution >= 4 is 17.7 Å². The maximum atomic E-state index is 11.5. The fraction of sp³-hybridized carbons (Fsp3) is 0.750. The highest BCUT2D eigenvalue weighted by molar-refractivity contribution is 8.00. The van der Waals surface area contributed by atoms with Gasteiger partial charge in [-0.1, -0.05) is 6.92 Å². The van der Waals surface area contributed by atoms with E-state index in [9.17, 15) is 4.79 Å². The Kier molecular flexibility index (Phi) is 3.67. The monoisotopic (exact) mass is 229 g/mol. The molecule has 0 radical (unpaired) electrons. The van der Waals surface area contributed by atoms with E-state index < -0.39 is 10.7 Å². The maximum Gasteiger partial charge on any atom is 0.241 e. The molecule has 1 aromatic rings. The maximum absolute atomic E-state index is 11.5. The highest BCUT2D eigenvalue weighted by Crippen LogP contribution is 2.36. The van der Waals surface area contributed by atoms with Crippen LogP contribution in [0.5, 0.6) is 0 Å². The first kappa shape index (κ1) is 12.0. The normalized spacial score (nSPS) is 14.9. The number of nitrogens with zero attached hydrogens (tertiary/aromatic N) is 4. The Hall–Kier alpha value is -1.11. The van der Waals surface area contributed by atoms with Gasteiger partial charge in [-0.2, -0.15) is 0 Å². The van der Waals surface area contributed by atoms with Crippen LogP contribution in [0, 0.1) is 0 Å². The Bertz CT molecular complexity index is 347. The van der Waals surface area contributed by atoms with E-state index in [0.29, 0.717) is 18.8 Å². The Balaban J connectivity index is 3.25. The highest BCUT2D eigenvalue weighted by atomic mass is 32.2. The molecule has 0 aliphatic heterocycles. The van der Waals surface area contributed by atoms with Gasteiger partial charge < -0.3 is 5.73 Å². The summed E-state index contributed by atoms with van der Waals surface area (Å²) in [5.41, 5.74) is 5.44. The van der Waals surface area contributed by atoms with Crippen LogP contribution in [0.25, 0.3) is 0 Å². The lowest BCUT2D eigenvalue weighted by molar-refractivity contribution is -0.120. The molecule has 15 heavy (non-hydrogen) atoms. The Morgan fingerprint density at radius 1 is 1.60 bits per heavy atom. The molecule has 0 spiro atoms. The van der Waals surface area contributed by atoms with Gasteiger partial charge in [-0.05, 0) is 30.0 Å². The number of primary amides is 1. The van der Waals surface area contributed by atoms with Crippen molar-refractivity contribution in [1.82, 2.24) is 20.2 Å². The summed E-state index contributed by atoms with van der Waals surface area (Å²) < 4.78 is 0.782. The van der Waals surface area contributed by atoms with E-state index in [1.54, 1.807) is 4.68 Å². The van der Waals surface area contributed by atoms with Gasteiger partial charge in [-0.15, -0.1) is 16.9 Å². The second kappa shape index (κ2) is 4.61. The quantitative estimate of drug-likeness (QED) is 0.776. The van der Waals surface area contributed by atoms with Gasteiger partial charge in [0.15, 0.2) is 10.6 Å². The first-order valence-corrected chi connectivity index (χ1v) is 5.96. The van der Waals surface area contributed by atoms with Crippen molar-refractivity contribution < 1.29 is 4.79 Å². The molecule has 1 unspecified atom stereocenters. The van der Waals surface area contributed by atoms with Crippen molar-refractivity contribution in [3.63, 3.8) is 0 Å². The average Bonchev–Trinajstić information content (AvgIpc) is 2.69. The molecule has 0 saturated carbocycles. The number of tetrazole rings is 1. The lowest BCUT2D eigenvalue weighted by atomic mass is 10.0. The number of hydrogen-bond acceptors (Lipinski definition) is 5. The molecule has 2 N–H and O–H groups in total. The van der Waals surface area contributed by atoms with Crippen LogP contribution in [0.4, 0.5) is 0 Å². The van der Waals surface area contributed by atoms with Crippen molar-refractivity contribution in [2.24, 2.45) is 5.73 Å². The fourth-order valence-electron chi connectivity index (χ4n) is 1.49.